The van der Waals surface area contributed by atoms with E-state index in [-0.39, 0.29) is 10.7 Å². The van der Waals surface area contributed by atoms with Crippen molar-refractivity contribution >= 4 is 43.4 Å². The lowest BCUT2D eigenvalue weighted by atomic mass is 9.78. The number of hydrogen-bond acceptors (Lipinski definition) is 5. The Bertz CT molecular complexity index is 647. The predicted octanol–water partition coefficient (Wildman–Crippen LogP) is 3.38. The minimum Gasteiger partial charge on any atom is -0.478 e. The number of nitrogens with zero attached hydrogens (tertiary/aromatic N) is 1. The maximum Gasteiger partial charge on any atom is 0.491 e. The van der Waals surface area contributed by atoms with Crippen LogP contribution in [0.5, 0.6) is 0 Å². The van der Waals surface area contributed by atoms with Crippen molar-refractivity contribution in [2.75, 3.05) is 5.75 Å². The van der Waals surface area contributed by atoms with Crippen molar-refractivity contribution in [3.63, 3.8) is 0 Å². The van der Waals surface area contributed by atoms with Gasteiger partial charge in [-0.1, -0.05) is 17.7 Å². The first kappa shape index (κ1) is 18.3. The van der Waals surface area contributed by atoms with E-state index in [0.717, 1.165) is 5.47 Å². The number of thiol groups is 1. The first-order valence-corrected chi connectivity index (χ1v) is 8.14. The minimum atomic E-state index is -1.12. The molecular formula is C15H19BClNO4S. The first-order chi connectivity index (χ1) is 10.6. The van der Waals surface area contributed by atoms with Crippen molar-refractivity contribution in [2.24, 2.45) is 0 Å². The van der Waals surface area contributed by atoms with Crippen LogP contribution >= 0.6 is 24.2 Å². The molecule has 5 nitrogen and oxygen atoms in total. The van der Waals surface area contributed by atoms with Crippen molar-refractivity contribution in [1.82, 2.24) is 4.98 Å². The van der Waals surface area contributed by atoms with Gasteiger partial charge in [0.15, 0.2) is 0 Å². The van der Waals surface area contributed by atoms with Gasteiger partial charge in [-0.05, 0) is 44.8 Å². The number of carboxylic acids is 1. The molecule has 0 unspecified atom stereocenters. The Morgan fingerprint density at radius 1 is 1.39 bits per heavy atom. The Morgan fingerprint density at radius 2 is 1.96 bits per heavy atom. The molecule has 0 radical (unpaired) electrons. The number of aromatic nitrogens is 1. The highest BCUT2D eigenvalue weighted by molar-refractivity contribution is 7.80. The first-order valence-electron chi connectivity index (χ1n) is 7.13. The van der Waals surface area contributed by atoms with Crippen LogP contribution in [0.1, 0.15) is 43.6 Å². The summed E-state index contributed by atoms with van der Waals surface area (Å²) in [5.41, 5.74) is 0.430. The lowest BCUT2D eigenvalue weighted by molar-refractivity contribution is 0.00578. The zero-order valence-corrected chi connectivity index (χ0v) is 15.1. The van der Waals surface area contributed by atoms with Gasteiger partial charge in [0.1, 0.15) is 5.15 Å². The third-order valence-electron chi connectivity index (χ3n) is 4.18. The zero-order chi connectivity index (χ0) is 17.4. The van der Waals surface area contributed by atoms with E-state index >= 15 is 0 Å². The molecule has 2 heterocycles. The van der Waals surface area contributed by atoms with Crippen LogP contribution in [0.4, 0.5) is 0 Å². The monoisotopic (exact) mass is 355 g/mol. The van der Waals surface area contributed by atoms with Gasteiger partial charge in [0.25, 0.3) is 0 Å². The van der Waals surface area contributed by atoms with Crippen LogP contribution < -0.4 is 0 Å². The number of aromatic carboxylic acids is 1. The molecule has 0 aliphatic carbocycles. The average Bonchev–Trinajstić information content (AvgIpc) is 2.66. The third-order valence-corrected chi connectivity index (χ3v) is 4.85. The third kappa shape index (κ3) is 3.74. The highest BCUT2D eigenvalue weighted by Crippen LogP contribution is 2.39. The molecule has 0 aromatic carbocycles. The maximum absolute atomic E-state index is 11.1. The predicted molar refractivity (Wildman–Crippen MR) is 94.1 cm³/mol. The molecule has 1 aliphatic rings. The number of rotatable bonds is 4. The highest BCUT2D eigenvalue weighted by Gasteiger charge is 2.52. The van der Waals surface area contributed by atoms with E-state index in [2.05, 4.69) is 17.6 Å². The zero-order valence-electron chi connectivity index (χ0n) is 13.5. The summed E-state index contributed by atoms with van der Waals surface area (Å²) in [7, 11) is -0.540. The summed E-state index contributed by atoms with van der Waals surface area (Å²) >= 11 is 10.1. The molecule has 1 N–H and O–H groups in total. The van der Waals surface area contributed by atoms with Crippen LogP contribution in [-0.2, 0) is 9.31 Å². The molecule has 0 saturated carbocycles. The average molecular weight is 356 g/mol. The second-order valence-electron chi connectivity index (χ2n) is 6.38. The fraction of sp³-hybridized carbons (Fsp3) is 0.467. The van der Waals surface area contributed by atoms with Crippen molar-refractivity contribution in [3.8, 4) is 0 Å². The fourth-order valence-electron chi connectivity index (χ4n) is 2.09. The van der Waals surface area contributed by atoms with Crippen molar-refractivity contribution in [1.29, 1.82) is 0 Å². The minimum absolute atomic E-state index is 0.0438. The van der Waals surface area contributed by atoms with Gasteiger partial charge in [-0.3, -0.25) is 0 Å². The second kappa shape index (κ2) is 6.47. The molecule has 0 atom stereocenters. The number of pyridine rings is 1. The molecule has 0 amide bonds. The van der Waals surface area contributed by atoms with Gasteiger partial charge >= 0.3 is 13.1 Å². The van der Waals surface area contributed by atoms with Crippen molar-refractivity contribution in [3.05, 3.63) is 34.0 Å². The van der Waals surface area contributed by atoms with E-state index in [1.54, 1.807) is 6.08 Å². The van der Waals surface area contributed by atoms with Gasteiger partial charge in [0.05, 0.1) is 16.8 Å². The highest BCUT2D eigenvalue weighted by atomic mass is 35.5. The van der Waals surface area contributed by atoms with Crippen molar-refractivity contribution < 1.29 is 19.2 Å². The molecule has 124 valence electrons. The van der Waals surface area contributed by atoms with Crippen LogP contribution in [-0.4, -0.2) is 40.1 Å². The Balaban J connectivity index is 2.34. The summed E-state index contributed by atoms with van der Waals surface area (Å²) < 4.78 is 12.0. The van der Waals surface area contributed by atoms with Crippen LogP contribution in [0.3, 0.4) is 0 Å². The van der Waals surface area contributed by atoms with Gasteiger partial charge in [-0.15, -0.1) is 0 Å². The smallest absolute Gasteiger partial charge is 0.478 e. The van der Waals surface area contributed by atoms with Gasteiger partial charge in [0, 0.05) is 11.9 Å². The molecule has 1 saturated heterocycles. The SMILES string of the molecule is CC1(C)OB(C(=Cc2cnc(Cl)c(C(=O)O)c2)CS)OC1(C)C. The summed E-state index contributed by atoms with van der Waals surface area (Å²) in [6.45, 7) is 7.87. The molecule has 1 aliphatic heterocycles. The molecule has 1 fully saturated rings. The number of carboxylic acid groups (broad SMARTS) is 1. The standard InChI is InChI=1S/C15H19BClNO4S/c1-14(2)15(3,4)22-16(21-14)10(8-23)5-9-6-11(13(19)20)12(17)18-7-9/h5-7,23H,8H2,1-4H3,(H,19,20). The van der Waals surface area contributed by atoms with Gasteiger partial charge in [-0.2, -0.15) is 12.6 Å². The van der Waals surface area contributed by atoms with E-state index in [1.165, 1.54) is 12.3 Å². The Hall–Kier alpha value is -1.02. The molecule has 1 aromatic heterocycles. The molecular weight excluding hydrogens is 337 g/mol. The van der Waals surface area contributed by atoms with E-state index < -0.39 is 24.3 Å². The second-order valence-corrected chi connectivity index (χ2v) is 7.05. The fourth-order valence-corrected chi connectivity index (χ4v) is 2.51. The Morgan fingerprint density at radius 3 is 2.43 bits per heavy atom. The van der Waals surface area contributed by atoms with Crippen LogP contribution in [0, 0.1) is 0 Å². The normalized spacial score (nSPS) is 19.9. The molecule has 1 aromatic rings. The Labute approximate surface area is 146 Å². The summed E-state index contributed by atoms with van der Waals surface area (Å²) in [4.78, 5) is 15.1. The molecule has 2 rings (SSSR count). The van der Waals surface area contributed by atoms with E-state index in [9.17, 15) is 4.79 Å². The van der Waals surface area contributed by atoms with Gasteiger partial charge in [0.2, 0.25) is 0 Å². The summed E-state index contributed by atoms with van der Waals surface area (Å²) in [6, 6.07) is 1.46. The number of carbonyl (C=O) groups is 1. The maximum atomic E-state index is 11.1. The van der Waals surface area contributed by atoms with E-state index in [0.29, 0.717) is 11.3 Å². The van der Waals surface area contributed by atoms with Crippen LogP contribution in [0.2, 0.25) is 5.15 Å². The summed E-state index contributed by atoms with van der Waals surface area (Å²) in [5.74, 6) is -0.720. The Kier molecular flexibility index (Phi) is 5.16. The number of halogens is 1. The van der Waals surface area contributed by atoms with Gasteiger partial charge in [-0.25, -0.2) is 9.78 Å². The topological polar surface area (TPSA) is 68.7 Å². The summed E-state index contributed by atoms with van der Waals surface area (Å²) in [6.07, 6.45) is 3.27. The van der Waals surface area contributed by atoms with Crippen LogP contribution in [0.25, 0.3) is 6.08 Å². The molecule has 0 bridgehead atoms. The largest absolute Gasteiger partial charge is 0.491 e. The van der Waals surface area contributed by atoms with Crippen LogP contribution in [0.15, 0.2) is 17.7 Å². The van der Waals surface area contributed by atoms with E-state index in [4.69, 9.17) is 26.0 Å². The van der Waals surface area contributed by atoms with Gasteiger partial charge < -0.3 is 14.4 Å². The van der Waals surface area contributed by atoms with Crippen molar-refractivity contribution in [2.45, 2.75) is 38.9 Å². The summed E-state index contributed by atoms with van der Waals surface area (Å²) in [5, 5.41) is 9.08. The molecule has 0 spiro atoms. The molecule has 8 heteroatoms. The van der Waals surface area contributed by atoms with E-state index in [1.807, 2.05) is 27.7 Å². The lowest BCUT2D eigenvalue weighted by Gasteiger charge is -2.32. The quantitative estimate of drug-likeness (QED) is 0.492. The molecule has 23 heavy (non-hydrogen) atoms. The lowest BCUT2D eigenvalue weighted by Crippen LogP contribution is -2.41. The number of hydrogen-bond donors (Lipinski definition) is 2.